The lowest BCUT2D eigenvalue weighted by atomic mass is 10.0. The molecule has 5 rings (SSSR count). The van der Waals surface area contributed by atoms with Crippen LogP contribution in [0.4, 0.5) is 9.59 Å². The zero-order valence-corrected chi connectivity index (χ0v) is 19.1. The van der Waals surface area contributed by atoms with Crippen molar-refractivity contribution in [3.8, 4) is 0 Å². The molecular weight excluding hydrogens is 420 g/mol. The molecule has 8 heteroatoms. The Kier molecular flexibility index (Phi) is 6.42. The fraction of sp³-hybridized carbons (Fsp3) is 0.640. The number of alkyl carbamates (subject to hydrolysis) is 1. The molecule has 4 aliphatic rings. The largest absolute Gasteiger partial charge is 0.436 e. The Labute approximate surface area is 195 Å². The summed E-state index contributed by atoms with van der Waals surface area (Å²) in [5.41, 5.74) is 1.02. The number of hydrogen-bond donors (Lipinski definition) is 2. The van der Waals surface area contributed by atoms with Crippen molar-refractivity contribution in [3.63, 3.8) is 0 Å². The Balaban J connectivity index is 1.29. The van der Waals surface area contributed by atoms with Gasteiger partial charge in [0.1, 0.15) is 0 Å². The van der Waals surface area contributed by atoms with Crippen LogP contribution in [0.5, 0.6) is 0 Å². The number of benzene rings is 1. The van der Waals surface area contributed by atoms with Crippen LogP contribution < -0.4 is 10.6 Å². The average molecular weight is 455 g/mol. The number of amides is 4. The Morgan fingerprint density at radius 1 is 0.909 bits per heavy atom. The summed E-state index contributed by atoms with van der Waals surface area (Å²) in [7, 11) is 0. The van der Waals surface area contributed by atoms with Gasteiger partial charge in [-0.15, -0.1) is 0 Å². The van der Waals surface area contributed by atoms with E-state index in [2.05, 4.69) is 10.6 Å². The first-order valence-electron chi connectivity index (χ1n) is 12.5. The highest BCUT2D eigenvalue weighted by molar-refractivity contribution is 5.87. The van der Waals surface area contributed by atoms with Gasteiger partial charge in [-0.2, -0.15) is 0 Å². The summed E-state index contributed by atoms with van der Waals surface area (Å²) in [5.74, 6) is -0.379. The summed E-state index contributed by atoms with van der Waals surface area (Å²) in [4.78, 5) is 42.5. The van der Waals surface area contributed by atoms with Crippen LogP contribution in [0.25, 0.3) is 0 Å². The summed E-state index contributed by atoms with van der Waals surface area (Å²) in [5, 5.41) is 6.08. The third-order valence-corrected chi connectivity index (χ3v) is 7.73. The van der Waals surface area contributed by atoms with E-state index in [1.807, 2.05) is 30.3 Å². The first-order chi connectivity index (χ1) is 16.1. The normalized spacial score (nSPS) is 27.8. The molecule has 4 amide bonds. The lowest BCUT2D eigenvalue weighted by molar-refractivity contribution is -0.137. The van der Waals surface area contributed by atoms with E-state index in [9.17, 15) is 14.4 Å². The topological polar surface area (TPSA) is 91.0 Å². The molecule has 0 spiro atoms. The van der Waals surface area contributed by atoms with Gasteiger partial charge in [0.05, 0.1) is 6.04 Å². The maximum atomic E-state index is 13.4. The fourth-order valence-corrected chi connectivity index (χ4v) is 5.95. The summed E-state index contributed by atoms with van der Waals surface area (Å²) in [6.45, 7) is 1.33. The average Bonchev–Trinajstić information content (AvgIpc) is 3.60. The second-order valence-electron chi connectivity index (χ2n) is 9.97. The summed E-state index contributed by atoms with van der Waals surface area (Å²) in [6.07, 6.45) is 7.10. The van der Waals surface area contributed by atoms with Gasteiger partial charge in [-0.25, -0.2) is 9.59 Å². The maximum Gasteiger partial charge on any atom is 0.408 e. The van der Waals surface area contributed by atoms with Crippen LogP contribution >= 0.6 is 0 Å². The third kappa shape index (κ3) is 4.80. The number of rotatable bonds is 5. The Morgan fingerprint density at radius 3 is 2.21 bits per heavy atom. The first-order valence-corrected chi connectivity index (χ1v) is 12.5. The number of carbonyl (C=O) groups excluding carboxylic acids is 3. The number of likely N-dealkylation sites (tertiary alicyclic amines) is 2. The number of carbonyl (C=O) groups is 3. The second kappa shape index (κ2) is 9.61. The van der Waals surface area contributed by atoms with E-state index in [4.69, 9.17) is 4.74 Å². The Morgan fingerprint density at radius 2 is 1.55 bits per heavy atom. The molecule has 1 aromatic carbocycles. The van der Waals surface area contributed by atoms with Crippen molar-refractivity contribution in [3.05, 3.63) is 35.9 Å². The molecule has 0 unspecified atom stereocenters. The van der Waals surface area contributed by atoms with Gasteiger partial charge in [-0.1, -0.05) is 56.0 Å². The van der Waals surface area contributed by atoms with E-state index >= 15 is 0 Å². The molecule has 2 heterocycles. The Hall–Kier alpha value is -2.77. The predicted molar refractivity (Wildman–Crippen MR) is 122 cm³/mol. The zero-order chi connectivity index (χ0) is 22.8. The van der Waals surface area contributed by atoms with Gasteiger partial charge in [0.25, 0.3) is 5.91 Å². The molecule has 178 valence electrons. The minimum atomic E-state index is -0.857. The van der Waals surface area contributed by atoms with Gasteiger partial charge in [0.2, 0.25) is 0 Å². The molecule has 0 radical (unpaired) electrons. The molecule has 4 fully saturated rings. The SMILES string of the molecule is O=C(NC1CCCC1)O[C@@H]1C(=O)N(Cc2ccccc2)[C@@H]2CN(C(=O)NC3CCCC3)C[C@H]12. The lowest BCUT2D eigenvalue weighted by Gasteiger charge is -2.26. The molecule has 33 heavy (non-hydrogen) atoms. The Bertz CT molecular complexity index is 866. The van der Waals surface area contributed by atoms with E-state index in [-0.39, 0.29) is 36.0 Å². The highest BCUT2D eigenvalue weighted by atomic mass is 16.6. The molecule has 0 aromatic heterocycles. The standard InChI is InChI=1S/C25H34N4O4/c30-23-22(33-25(32)27-19-12-6-7-13-19)20-15-28(24(31)26-18-10-4-5-11-18)16-21(20)29(23)14-17-8-2-1-3-9-17/h1-3,8-9,18-22H,4-7,10-16H2,(H,26,31)(H,27,32)/t20-,21+,22-/m0/s1. The number of urea groups is 1. The zero-order valence-electron chi connectivity index (χ0n) is 19.1. The first kappa shape index (κ1) is 22.0. The molecule has 2 saturated carbocycles. The quantitative estimate of drug-likeness (QED) is 0.716. The van der Waals surface area contributed by atoms with E-state index in [1.54, 1.807) is 9.80 Å². The third-order valence-electron chi connectivity index (χ3n) is 7.73. The van der Waals surface area contributed by atoms with Crippen LogP contribution in [0, 0.1) is 5.92 Å². The molecule has 0 bridgehead atoms. The predicted octanol–water partition coefficient (Wildman–Crippen LogP) is 3.02. The van der Waals surface area contributed by atoms with Gasteiger partial charge < -0.3 is 25.2 Å². The van der Waals surface area contributed by atoms with Crippen LogP contribution in [0.3, 0.4) is 0 Å². The number of ether oxygens (including phenoxy) is 1. The van der Waals surface area contributed by atoms with Gasteiger partial charge in [0.15, 0.2) is 6.10 Å². The number of hydrogen-bond acceptors (Lipinski definition) is 4. The number of nitrogens with one attached hydrogen (secondary N) is 2. The minimum absolute atomic E-state index is 0.0717. The van der Waals surface area contributed by atoms with Crippen molar-refractivity contribution in [1.82, 2.24) is 20.4 Å². The fourth-order valence-electron chi connectivity index (χ4n) is 5.95. The summed E-state index contributed by atoms with van der Waals surface area (Å²) in [6, 6.07) is 9.97. The van der Waals surface area contributed by atoms with E-state index in [1.165, 1.54) is 0 Å². The molecule has 2 aliphatic carbocycles. The van der Waals surface area contributed by atoms with Gasteiger partial charge >= 0.3 is 12.1 Å². The van der Waals surface area contributed by atoms with Crippen molar-refractivity contribution >= 4 is 18.0 Å². The molecule has 2 aliphatic heterocycles. The van der Waals surface area contributed by atoms with Crippen molar-refractivity contribution in [2.75, 3.05) is 13.1 Å². The number of nitrogens with zero attached hydrogens (tertiary/aromatic N) is 2. The maximum absolute atomic E-state index is 13.4. The summed E-state index contributed by atoms with van der Waals surface area (Å²) < 4.78 is 5.73. The van der Waals surface area contributed by atoms with Crippen molar-refractivity contribution < 1.29 is 19.1 Å². The molecule has 2 saturated heterocycles. The van der Waals surface area contributed by atoms with Crippen LogP contribution in [0.2, 0.25) is 0 Å². The van der Waals surface area contributed by atoms with Crippen LogP contribution in [0.1, 0.15) is 56.9 Å². The minimum Gasteiger partial charge on any atom is -0.436 e. The number of fused-ring (bicyclic) bond motifs is 1. The second-order valence-corrected chi connectivity index (χ2v) is 9.97. The molecule has 2 N–H and O–H groups in total. The molecule has 3 atom stereocenters. The van der Waals surface area contributed by atoms with Crippen molar-refractivity contribution in [2.24, 2.45) is 5.92 Å². The molecule has 1 aromatic rings. The molecular formula is C25H34N4O4. The van der Waals surface area contributed by atoms with Gasteiger partial charge in [-0.05, 0) is 31.2 Å². The van der Waals surface area contributed by atoms with E-state index in [0.29, 0.717) is 19.6 Å². The summed E-state index contributed by atoms with van der Waals surface area (Å²) >= 11 is 0. The van der Waals surface area contributed by atoms with Crippen LogP contribution in [0.15, 0.2) is 30.3 Å². The highest BCUT2D eigenvalue weighted by Gasteiger charge is 2.55. The lowest BCUT2D eigenvalue weighted by Crippen LogP contribution is -2.47. The van der Waals surface area contributed by atoms with Crippen LogP contribution in [-0.2, 0) is 16.1 Å². The molecule has 8 nitrogen and oxygen atoms in total. The smallest absolute Gasteiger partial charge is 0.408 e. The monoisotopic (exact) mass is 454 g/mol. The highest BCUT2D eigenvalue weighted by Crippen LogP contribution is 2.36. The van der Waals surface area contributed by atoms with E-state index < -0.39 is 12.2 Å². The van der Waals surface area contributed by atoms with Crippen molar-refractivity contribution in [1.29, 1.82) is 0 Å². The van der Waals surface area contributed by atoms with Crippen LogP contribution in [-0.4, -0.2) is 65.2 Å². The van der Waals surface area contributed by atoms with Gasteiger partial charge in [0, 0.05) is 37.6 Å². The van der Waals surface area contributed by atoms with Crippen molar-refractivity contribution in [2.45, 2.75) is 82.1 Å². The van der Waals surface area contributed by atoms with E-state index in [0.717, 1.165) is 56.9 Å². The van der Waals surface area contributed by atoms with Gasteiger partial charge in [-0.3, -0.25) is 4.79 Å².